The Morgan fingerprint density at radius 1 is 0.583 bits per heavy atom. The van der Waals surface area contributed by atoms with Gasteiger partial charge in [-0.15, -0.1) is 0 Å². The quantitative estimate of drug-likeness (QED) is 0.0349. The molecule has 5 aliphatic rings. The third kappa shape index (κ3) is 29.8. The molecule has 0 aliphatic carbocycles. The van der Waals surface area contributed by atoms with Crippen LogP contribution in [0, 0.1) is 18.8 Å². The Hall–Kier alpha value is -8.10. The summed E-state index contributed by atoms with van der Waals surface area (Å²) in [6, 6.07) is 12.2. The lowest BCUT2D eigenvalue weighted by Gasteiger charge is -2.31. The van der Waals surface area contributed by atoms with Crippen LogP contribution in [0.4, 0.5) is 10.5 Å². The minimum absolute atomic E-state index is 0.0113. The normalized spacial score (nSPS) is 17.5. The number of Topliss-reactive ketones (excluding diaryl/α,β-unsaturated/α-hetero) is 2. The number of aryl methyl sites for hydroxylation is 1. The summed E-state index contributed by atoms with van der Waals surface area (Å²) in [5, 5.41) is 17.2. The van der Waals surface area contributed by atoms with Gasteiger partial charge in [0.2, 0.25) is 23.6 Å². The van der Waals surface area contributed by atoms with E-state index in [1.165, 1.54) is 21.6 Å². The maximum Gasteiger partial charge on any atom is 0.416 e. The molecule has 0 aromatic heterocycles. The molecule has 28 nitrogen and oxygen atoms in total. The molecule has 5 heterocycles. The zero-order valence-electron chi connectivity index (χ0n) is 68.6. The minimum Gasteiger partial charge on any atom is -0.493 e. The highest BCUT2D eigenvalue weighted by molar-refractivity contribution is 8.00. The number of nitrogens with zero attached hydrogens (tertiary/aromatic N) is 4. The monoisotopic (exact) mass is 1620 g/mol. The molecule has 1 saturated heterocycles. The maximum atomic E-state index is 14.3. The summed E-state index contributed by atoms with van der Waals surface area (Å²) in [5.74, 6) is -1.15. The molecule has 0 saturated carbocycles. The zero-order valence-corrected chi connectivity index (χ0v) is 69.4. The van der Waals surface area contributed by atoms with Gasteiger partial charge in [-0.25, -0.2) is 9.69 Å². The second-order valence-electron chi connectivity index (χ2n) is 29.9. The molecule has 29 heteroatoms. The van der Waals surface area contributed by atoms with Crippen molar-refractivity contribution in [1.29, 1.82) is 0 Å². The second-order valence-corrected chi connectivity index (χ2v) is 31.0. The molecule has 0 radical (unpaired) electrons. The Kier molecular flexibility index (Phi) is 40.1. The molecule has 3 aromatic rings. The van der Waals surface area contributed by atoms with Gasteiger partial charge in [0.1, 0.15) is 18.1 Å². The maximum absolute atomic E-state index is 14.3. The van der Waals surface area contributed by atoms with Gasteiger partial charge in [-0.2, -0.15) is 11.8 Å². The predicted octanol–water partition coefficient (Wildman–Crippen LogP) is 10.5. The second kappa shape index (κ2) is 49.8. The van der Waals surface area contributed by atoms with Crippen molar-refractivity contribution in [2.75, 3.05) is 150 Å². The van der Waals surface area contributed by atoms with Gasteiger partial charge < -0.3 is 82.4 Å². The lowest BCUT2D eigenvalue weighted by atomic mass is 9.88. The number of amides is 7. The molecule has 8 rings (SSSR count). The van der Waals surface area contributed by atoms with Crippen LogP contribution in [-0.4, -0.2) is 248 Å². The molecule has 0 bridgehead atoms. The van der Waals surface area contributed by atoms with E-state index in [0.717, 1.165) is 73.0 Å². The first-order valence-corrected chi connectivity index (χ1v) is 42.1. The van der Waals surface area contributed by atoms with Gasteiger partial charge in [-0.3, -0.25) is 43.3 Å². The van der Waals surface area contributed by atoms with E-state index in [9.17, 15) is 48.3 Å². The van der Waals surface area contributed by atoms with E-state index in [0.29, 0.717) is 184 Å². The van der Waals surface area contributed by atoms with Crippen molar-refractivity contribution in [2.24, 2.45) is 11.8 Å². The number of hydrogen-bond donors (Lipinski definition) is 3. The number of hydrogen-bond acceptors (Lipinski definition) is 23. The smallest absolute Gasteiger partial charge is 0.416 e. The third-order valence-electron chi connectivity index (χ3n) is 20.3. The number of imide groups is 1. The number of aliphatic hydroxyl groups excluding tert-OH is 1. The van der Waals surface area contributed by atoms with E-state index in [2.05, 4.69) is 10.6 Å². The molecule has 5 aliphatic heterocycles. The Balaban J connectivity index is 0.601. The standard InChI is InChI=1S/C86H122N6O22S/c1-59(2)69(52-68(93)26-45-110-41-17-39-108-37-15-35-106-33-13-31-104-29-12-30-105-32-14-34-107-36-16-38-109-40-18-42-111-46-27-87-79(95)25-28-89-80(96)55-78(115-8)85(89)101)81(97)88-63(6)74(94)50-64-19-21-65(22-20-64)58-114-86(102)92-72-54-75(62(5)49-71(72)83(99)91-57-61(4)48-73(91)84(92)100)112-43-10-9-11-44-113-77-51-66-23-24-67-47-60(3)56-90(67)82(98)70(66)53-76(77)103-7/h19-24,49,51,53-54,56-57,59,63,67,69,73,78,84,100H,9-18,25-48,50,52,55,58H2,1-8H3,(H,87,95)(H,88,97)/t63-,67+,69-,73-,78?,84?/m0/s1. The van der Waals surface area contributed by atoms with Crippen LogP contribution in [0.2, 0.25) is 0 Å². The molecular weight excluding hydrogens is 1500 g/mol. The molecule has 0 spiro atoms. The SMILES string of the molecule is COc1cc2c(cc1OCCCCCOc1cc3c(cc1C)C(=O)N1C=C(C)C[C@H]1C(O)N3C(=O)OCc1ccc(CC(=O)[C@H](C)NC(=O)[C@@H](CC(=O)CCOCCCOCCCOCCCOCCCOCCCOCCCOCCCOCCNC(=O)CCN3C(=O)CC(SC)C3=O)C(C)C)cc1)C=C[C@@H]1CC(C)=CN1C2=O. The van der Waals surface area contributed by atoms with Crippen molar-refractivity contribution in [3.63, 3.8) is 0 Å². The van der Waals surface area contributed by atoms with Crippen LogP contribution >= 0.6 is 11.8 Å². The van der Waals surface area contributed by atoms with Crippen LogP contribution in [0.5, 0.6) is 17.2 Å². The average Bonchev–Trinajstić information content (AvgIpc) is 1.62. The van der Waals surface area contributed by atoms with Crippen LogP contribution in [0.1, 0.15) is 180 Å². The summed E-state index contributed by atoms with van der Waals surface area (Å²) < 4.78 is 69.4. The predicted molar refractivity (Wildman–Crippen MR) is 434 cm³/mol. The largest absolute Gasteiger partial charge is 0.493 e. The third-order valence-corrected chi connectivity index (χ3v) is 21.2. The zero-order chi connectivity index (χ0) is 82.4. The lowest BCUT2D eigenvalue weighted by molar-refractivity contribution is -0.138. The Morgan fingerprint density at radius 3 is 1.69 bits per heavy atom. The molecule has 634 valence electrons. The topological polar surface area (TPSA) is 322 Å². The molecule has 3 aromatic carbocycles. The Morgan fingerprint density at radius 2 is 1.12 bits per heavy atom. The summed E-state index contributed by atoms with van der Waals surface area (Å²) in [7, 11) is 1.55. The number of rotatable bonds is 57. The van der Waals surface area contributed by atoms with Crippen molar-refractivity contribution in [3.8, 4) is 17.2 Å². The number of fused-ring (bicyclic) bond motifs is 4. The number of aliphatic hydroxyl groups is 1. The Labute approximate surface area is 681 Å². The fraction of sp³-hybridized carbons (Fsp3) is 0.616. The number of ketones is 2. The van der Waals surface area contributed by atoms with E-state index in [-0.39, 0.29) is 127 Å². The van der Waals surface area contributed by atoms with Crippen molar-refractivity contribution in [1.82, 2.24) is 25.3 Å². The summed E-state index contributed by atoms with van der Waals surface area (Å²) in [5.41, 5.74) is 5.66. The van der Waals surface area contributed by atoms with E-state index < -0.39 is 30.3 Å². The highest BCUT2D eigenvalue weighted by Crippen LogP contribution is 2.41. The number of ether oxygens (including phenoxy) is 12. The average molecular weight is 1620 g/mol. The van der Waals surface area contributed by atoms with E-state index in [1.54, 1.807) is 73.9 Å². The fourth-order valence-electron chi connectivity index (χ4n) is 13.8. The van der Waals surface area contributed by atoms with Gasteiger partial charge in [0.15, 0.2) is 23.5 Å². The summed E-state index contributed by atoms with van der Waals surface area (Å²) in [6.07, 6.45) is 16.2. The number of methoxy groups -OCH3 is 1. The van der Waals surface area contributed by atoms with Crippen molar-refractivity contribution in [2.45, 2.75) is 187 Å². The number of nitrogens with one attached hydrogen (secondary N) is 2. The van der Waals surface area contributed by atoms with Gasteiger partial charge in [0.05, 0.1) is 73.7 Å². The van der Waals surface area contributed by atoms with Crippen molar-refractivity contribution >= 4 is 76.6 Å². The number of carbonyl (C=O) groups excluding carboxylic acids is 9. The molecule has 1 fully saturated rings. The molecule has 115 heavy (non-hydrogen) atoms. The van der Waals surface area contributed by atoms with Crippen LogP contribution in [0.15, 0.2) is 78.2 Å². The first kappa shape index (κ1) is 92.4. The van der Waals surface area contributed by atoms with E-state index >= 15 is 0 Å². The highest BCUT2D eigenvalue weighted by atomic mass is 32.2. The molecule has 3 N–H and O–H groups in total. The fourth-order valence-corrected chi connectivity index (χ4v) is 14.4. The van der Waals surface area contributed by atoms with Crippen molar-refractivity contribution < 1.29 is 105 Å². The Bertz CT molecular complexity index is 3760. The number of anilines is 1. The van der Waals surface area contributed by atoms with E-state index in [1.807, 2.05) is 59.0 Å². The summed E-state index contributed by atoms with van der Waals surface area (Å²) in [6.45, 7) is 20.8. The first-order chi connectivity index (χ1) is 55.6. The lowest BCUT2D eigenvalue weighted by Crippen LogP contribution is -2.50. The van der Waals surface area contributed by atoms with Gasteiger partial charge in [-0.05, 0) is 157 Å². The van der Waals surface area contributed by atoms with Gasteiger partial charge >= 0.3 is 6.09 Å². The van der Waals surface area contributed by atoms with Crippen LogP contribution in [0.3, 0.4) is 0 Å². The van der Waals surface area contributed by atoms with Crippen molar-refractivity contribution in [3.05, 3.63) is 112 Å². The van der Waals surface area contributed by atoms with E-state index in [4.69, 9.17) is 56.8 Å². The number of unbranched alkanes of at least 4 members (excludes halogenated alkanes) is 2. The van der Waals surface area contributed by atoms with Crippen LogP contribution < -0.4 is 29.7 Å². The van der Waals surface area contributed by atoms with Gasteiger partial charge in [0.25, 0.3) is 11.8 Å². The molecular formula is C86H122N6O22S. The van der Waals surface area contributed by atoms with Crippen LogP contribution in [-0.2, 0) is 84.4 Å². The van der Waals surface area contributed by atoms with Gasteiger partial charge in [0, 0.05) is 162 Å². The number of likely N-dealkylation sites (tertiary alicyclic amines) is 1. The highest BCUT2D eigenvalue weighted by Gasteiger charge is 2.45. The minimum atomic E-state index is -1.46. The number of carbonyl (C=O) groups is 9. The molecule has 2 unspecified atom stereocenters. The molecule has 6 atom stereocenters. The molecule has 7 amide bonds. The van der Waals surface area contributed by atoms with Gasteiger partial charge in [-0.1, -0.05) is 61.4 Å². The number of benzene rings is 3. The number of thioether (sulfide) groups is 1. The van der Waals surface area contributed by atoms with Crippen LogP contribution in [0.25, 0.3) is 6.08 Å². The first-order valence-electron chi connectivity index (χ1n) is 40.8. The summed E-state index contributed by atoms with van der Waals surface area (Å²) in [4.78, 5) is 124. The summed E-state index contributed by atoms with van der Waals surface area (Å²) >= 11 is 1.35.